The number of hydrogen-bond donors (Lipinski definition) is 1. The Balaban J connectivity index is 2.58. The summed E-state index contributed by atoms with van der Waals surface area (Å²) in [7, 11) is 0. The highest BCUT2D eigenvalue weighted by Crippen LogP contribution is 2.04. The Kier molecular flexibility index (Phi) is 1.41. The molecule has 0 aromatic carbocycles. The molecule has 1 heterocycles. The van der Waals surface area contributed by atoms with Gasteiger partial charge in [-0.1, -0.05) is 16.8 Å². The van der Waals surface area contributed by atoms with Gasteiger partial charge < -0.3 is 0 Å². The van der Waals surface area contributed by atoms with Crippen LogP contribution in [0.1, 0.15) is 0 Å². The van der Waals surface area contributed by atoms with Crippen molar-refractivity contribution < 1.29 is 5.21 Å². The zero-order valence-corrected chi connectivity index (χ0v) is 4.72. The molecule has 1 radical (unpaired) electrons. The Morgan fingerprint density at radius 3 is 2.88 bits per heavy atom. The van der Waals surface area contributed by atoms with E-state index in [2.05, 4.69) is 5.43 Å². The lowest BCUT2D eigenvalue weighted by Crippen LogP contribution is -2.25. The van der Waals surface area contributed by atoms with Gasteiger partial charge in [-0.2, -0.15) is 0 Å². The maximum Gasteiger partial charge on any atom is 0.0598 e. The third-order valence-corrected chi connectivity index (χ3v) is 0.934. The monoisotopic (exact) mass is 131 g/mol. The van der Waals surface area contributed by atoms with Gasteiger partial charge in [0.2, 0.25) is 0 Å². The second kappa shape index (κ2) is 2.07. The molecule has 4 heteroatoms. The van der Waals surface area contributed by atoms with Crippen LogP contribution in [0.5, 0.6) is 0 Å². The Hall–Kier alpha value is -0.670. The first kappa shape index (κ1) is 5.47. The van der Waals surface area contributed by atoms with Crippen LogP contribution in [-0.2, 0) is 5.21 Å². The van der Waals surface area contributed by atoms with E-state index in [9.17, 15) is 5.21 Å². The topological polar surface area (TPSA) is 35.2 Å². The largest absolute Gasteiger partial charge is 0.278 e. The summed E-state index contributed by atoms with van der Waals surface area (Å²) in [5.74, 6) is 0. The molecule has 1 aliphatic heterocycles. The Bertz CT molecular complexity index is 143. The van der Waals surface area contributed by atoms with Gasteiger partial charge in [0.15, 0.2) is 0 Å². The fraction of sp³-hybridized carbons (Fsp3) is 0. The highest BCUT2D eigenvalue weighted by atomic mass is 35.5. The molecule has 3 nitrogen and oxygen atoms in total. The number of hydrogen-bond acceptors (Lipinski definition) is 2. The van der Waals surface area contributed by atoms with E-state index in [4.69, 9.17) is 11.6 Å². The first-order valence-electron chi connectivity index (χ1n) is 2.05. The van der Waals surface area contributed by atoms with E-state index in [0.29, 0.717) is 10.2 Å². The SMILES string of the molecule is [O]N1C=CC(Cl)=CN1. The van der Waals surface area contributed by atoms with Gasteiger partial charge in [0.1, 0.15) is 0 Å². The van der Waals surface area contributed by atoms with Crippen molar-refractivity contribution in [1.29, 1.82) is 0 Å². The van der Waals surface area contributed by atoms with E-state index < -0.39 is 0 Å². The number of rotatable bonds is 0. The van der Waals surface area contributed by atoms with Crippen LogP contribution < -0.4 is 5.43 Å². The van der Waals surface area contributed by atoms with Crippen LogP contribution in [0.25, 0.3) is 0 Å². The van der Waals surface area contributed by atoms with Crippen LogP contribution in [0.2, 0.25) is 0 Å². The minimum atomic E-state index is 0.525. The van der Waals surface area contributed by atoms with Gasteiger partial charge in [0.25, 0.3) is 0 Å². The van der Waals surface area contributed by atoms with Crippen molar-refractivity contribution in [2.45, 2.75) is 0 Å². The molecule has 43 valence electrons. The van der Waals surface area contributed by atoms with Gasteiger partial charge in [-0.05, 0) is 6.08 Å². The van der Waals surface area contributed by atoms with E-state index in [1.165, 1.54) is 18.5 Å². The van der Waals surface area contributed by atoms with Crippen molar-refractivity contribution in [2.24, 2.45) is 0 Å². The number of allylic oxidation sites excluding steroid dienone is 2. The summed E-state index contributed by atoms with van der Waals surface area (Å²) in [6.07, 6.45) is 4.21. The third-order valence-electron chi connectivity index (χ3n) is 0.699. The van der Waals surface area contributed by atoms with Crippen molar-refractivity contribution in [3.05, 3.63) is 23.5 Å². The zero-order valence-electron chi connectivity index (χ0n) is 3.97. The Labute approximate surface area is 51.8 Å². The van der Waals surface area contributed by atoms with Crippen molar-refractivity contribution in [3.63, 3.8) is 0 Å². The summed E-state index contributed by atoms with van der Waals surface area (Å²) in [4.78, 5) is 0. The zero-order chi connectivity index (χ0) is 5.98. The lowest BCUT2D eigenvalue weighted by Gasteiger charge is -2.10. The van der Waals surface area contributed by atoms with Crippen molar-refractivity contribution in [3.8, 4) is 0 Å². The maximum absolute atomic E-state index is 10.2. The Morgan fingerprint density at radius 2 is 2.50 bits per heavy atom. The van der Waals surface area contributed by atoms with E-state index in [-0.39, 0.29) is 0 Å². The van der Waals surface area contributed by atoms with Crippen LogP contribution >= 0.6 is 11.6 Å². The first-order valence-corrected chi connectivity index (χ1v) is 2.43. The molecule has 0 bridgehead atoms. The van der Waals surface area contributed by atoms with Crippen LogP contribution in [0, 0.1) is 0 Å². The number of nitrogens with one attached hydrogen (secondary N) is 1. The molecule has 1 rings (SSSR count). The molecule has 0 amide bonds. The average molecular weight is 132 g/mol. The second-order valence-corrected chi connectivity index (χ2v) is 1.74. The predicted octanol–water partition coefficient (Wildman–Crippen LogP) is 0.746. The molecule has 0 aromatic rings. The fourth-order valence-electron chi connectivity index (χ4n) is 0.355. The molecule has 0 fully saturated rings. The first-order chi connectivity index (χ1) is 3.79. The highest BCUT2D eigenvalue weighted by molar-refractivity contribution is 6.31. The van der Waals surface area contributed by atoms with E-state index >= 15 is 0 Å². The second-order valence-electron chi connectivity index (χ2n) is 1.30. The van der Waals surface area contributed by atoms with Gasteiger partial charge in [-0.15, -0.1) is 5.17 Å². The van der Waals surface area contributed by atoms with Crippen molar-refractivity contribution in [1.82, 2.24) is 10.6 Å². The van der Waals surface area contributed by atoms with Crippen LogP contribution in [0.3, 0.4) is 0 Å². The third kappa shape index (κ3) is 1.15. The molecular weight excluding hydrogens is 128 g/mol. The summed E-state index contributed by atoms with van der Waals surface area (Å²) in [5.41, 5.74) is 2.33. The number of halogens is 1. The van der Waals surface area contributed by atoms with Crippen LogP contribution in [-0.4, -0.2) is 5.17 Å². The quantitative estimate of drug-likeness (QED) is 0.527. The van der Waals surface area contributed by atoms with Crippen molar-refractivity contribution >= 4 is 11.6 Å². The normalized spacial score (nSPS) is 17.8. The number of hydrazine groups is 1. The highest BCUT2D eigenvalue weighted by Gasteiger charge is 1.96. The molecular formula is C4H4ClN2O. The molecule has 0 spiro atoms. The predicted molar refractivity (Wildman–Crippen MR) is 28.7 cm³/mol. The van der Waals surface area contributed by atoms with E-state index in [1.54, 1.807) is 0 Å². The number of nitrogens with zero attached hydrogens (tertiary/aromatic N) is 1. The van der Waals surface area contributed by atoms with E-state index in [1.807, 2.05) is 0 Å². The molecule has 0 aromatic heterocycles. The molecule has 8 heavy (non-hydrogen) atoms. The summed E-state index contributed by atoms with van der Waals surface area (Å²) < 4.78 is 0. The van der Waals surface area contributed by atoms with E-state index in [0.717, 1.165) is 0 Å². The standard InChI is InChI=1S/C4H4ClN2O/c5-4-1-2-7(8)6-3-4/h1-3,6H. The minimum Gasteiger partial charge on any atom is -0.278 e. The molecule has 0 saturated carbocycles. The lowest BCUT2D eigenvalue weighted by molar-refractivity contribution is -0.144. The van der Waals surface area contributed by atoms with Crippen molar-refractivity contribution in [2.75, 3.05) is 0 Å². The molecule has 1 aliphatic rings. The lowest BCUT2D eigenvalue weighted by atomic mass is 10.5. The van der Waals surface area contributed by atoms with Gasteiger partial charge >= 0.3 is 0 Å². The molecule has 0 aliphatic carbocycles. The summed E-state index contributed by atoms with van der Waals surface area (Å²) in [6, 6.07) is 0. The minimum absolute atomic E-state index is 0.525. The van der Waals surface area contributed by atoms with Gasteiger partial charge in [0, 0.05) is 6.20 Å². The van der Waals surface area contributed by atoms with Gasteiger partial charge in [-0.25, -0.2) is 0 Å². The van der Waals surface area contributed by atoms with Crippen LogP contribution in [0.15, 0.2) is 23.5 Å². The molecule has 1 N–H and O–H groups in total. The van der Waals surface area contributed by atoms with Gasteiger partial charge in [0.05, 0.1) is 11.2 Å². The smallest absolute Gasteiger partial charge is 0.0598 e. The summed E-state index contributed by atoms with van der Waals surface area (Å²) in [5, 5.41) is 11.3. The van der Waals surface area contributed by atoms with Gasteiger partial charge in [-0.3, -0.25) is 5.43 Å². The maximum atomic E-state index is 10.2. The fourth-order valence-corrected chi connectivity index (χ4v) is 0.460. The average Bonchev–Trinajstić information content (AvgIpc) is 1.77. The summed E-state index contributed by atoms with van der Waals surface area (Å²) in [6.45, 7) is 0. The molecule has 0 unspecified atom stereocenters. The number of hydroxylamine groups is 1. The molecule has 0 saturated heterocycles. The summed E-state index contributed by atoms with van der Waals surface area (Å²) >= 11 is 5.43. The Morgan fingerprint density at radius 1 is 1.75 bits per heavy atom. The molecule has 0 atom stereocenters. The van der Waals surface area contributed by atoms with Crippen LogP contribution in [0.4, 0.5) is 0 Å².